The van der Waals surface area contributed by atoms with Crippen LogP contribution in [0.5, 0.6) is 0 Å². The van der Waals surface area contributed by atoms with E-state index in [1.165, 1.54) is 54.8 Å². The van der Waals surface area contributed by atoms with Gasteiger partial charge in [0.15, 0.2) is 0 Å². The SMILES string of the molecule is CC(C)(C)c1ccc2c(c1)c1cc(-c3ccccc3N)cc3c4cc(C(C)(C)C)ccc4n2c13. The first-order valence-electron chi connectivity index (χ1n) is 12.2. The molecule has 170 valence electrons. The van der Waals surface area contributed by atoms with E-state index in [4.69, 9.17) is 5.73 Å². The molecule has 0 radical (unpaired) electrons. The molecule has 0 aliphatic carbocycles. The molecule has 6 rings (SSSR count). The van der Waals surface area contributed by atoms with Crippen LogP contribution in [0.1, 0.15) is 52.7 Å². The quantitative estimate of drug-likeness (QED) is 0.253. The number of benzene rings is 4. The van der Waals surface area contributed by atoms with Crippen molar-refractivity contribution >= 4 is 43.8 Å². The minimum absolute atomic E-state index is 0.0938. The Balaban J connectivity index is 1.82. The summed E-state index contributed by atoms with van der Waals surface area (Å²) in [7, 11) is 0. The number of para-hydroxylation sites is 1. The number of aromatic nitrogens is 1. The fourth-order valence-electron chi connectivity index (χ4n) is 5.40. The summed E-state index contributed by atoms with van der Waals surface area (Å²) in [4.78, 5) is 0. The molecule has 2 aromatic heterocycles. The van der Waals surface area contributed by atoms with Gasteiger partial charge in [0.2, 0.25) is 0 Å². The molecule has 0 aliphatic rings. The fourth-order valence-corrected chi connectivity index (χ4v) is 5.40. The Hall–Kier alpha value is -3.52. The van der Waals surface area contributed by atoms with Crippen LogP contribution in [0.15, 0.2) is 72.8 Å². The number of rotatable bonds is 1. The van der Waals surface area contributed by atoms with Crippen LogP contribution >= 0.6 is 0 Å². The average molecular weight is 445 g/mol. The minimum Gasteiger partial charge on any atom is -0.398 e. The van der Waals surface area contributed by atoms with Crippen LogP contribution in [0.2, 0.25) is 0 Å². The van der Waals surface area contributed by atoms with Crippen LogP contribution in [-0.4, -0.2) is 4.40 Å². The summed E-state index contributed by atoms with van der Waals surface area (Å²) < 4.78 is 2.46. The van der Waals surface area contributed by atoms with E-state index in [1.54, 1.807) is 0 Å². The molecular formula is C32H32N2. The molecule has 0 bridgehead atoms. The Morgan fingerprint density at radius 2 is 1.09 bits per heavy atom. The molecule has 0 amide bonds. The lowest BCUT2D eigenvalue weighted by Gasteiger charge is -2.19. The second kappa shape index (κ2) is 6.76. The Kier molecular flexibility index (Phi) is 4.18. The van der Waals surface area contributed by atoms with Crippen molar-refractivity contribution in [2.75, 3.05) is 5.73 Å². The Morgan fingerprint density at radius 1 is 0.588 bits per heavy atom. The second-order valence-corrected chi connectivity index (χ2v) is 11.8. The van der Waals surface area contributed by atoms with Gasteiger partial charge < -0.3 is 10.1 Å². The van der Waals surface area contributed by atoms with E-state index in [2.05, 4.69) is 107 Å². The maximum absolute atomic E-state index is 6.44. The Bertz CT molecular complexity index is 1620. The van der Waals surface area contributed by atoms with Crippen molar-refractivity contribution in [1.82, 2.24) is 4.40 Å². The monoisotopic (exact) mass is 444 g/mol. The van der Waals surface area contributed by atoms with Crippen molar-refractivity contribution in [3.8, 4) is 11.1 Å². The van der Waals surface area contributed by atoms with Crippen LogP contribution in [0.4, 0.5) is 5.69 Å². The first-order chi connectivity index (χ1) is 16.0. The summed E-state index contributed by atoms with van der Waals surface area (Å²) in [5.74, 6) is 0. The molecule has 0 spiro atoms. The number of fused-ring (bicyclic) bond motifs is 6. The third-order valence-electron chi connectivity index (χ3n) is 7.39. The lowest BCUT2D eigenvalue weighted by atomic mass is 9.85. The summed E-state index contributed by atoms with van der Waals surface area (Å²) in [6, 6.07) is 26.9. The normalized spacial score (nSPS) is 13.1. The van der Waals surface area contributed by atoms with Gasteiger partial charge in [0.25, 0.3) is 0 Å². The van der Waals surface area contributed by atoms with Gasteiger partial charge in [-0.25, -0.2) is 0 Å². The van der Waals surface area contributed by atoms with Gasteiger partial charge in [-0.2, -0.15) is 0 Å². The van der Waals surface area contributed by atoms with E-state index in [-0.39, 0.29) is 10.8 Å². The highest BCUT2D eigenvalue weighted by Gasteiger charge is 2.23. The van der Waals surface area contributed by atoms with Gasteiger partial charge in [0.05, 0.1) is 16.6 Å². The average Bonchev–Trinajstić information content (AvgIpc) is 3.28. The molecule has 2 nitrogen and oxygen atoms in total. The summed E-state index contributed by atoms with van der Waals surface area (Å²) in [5.41, 5.74) is 16.3. The van der Waals surface area contributed by atoms with Crippen LogP contribution in [0.25, 0.3) is 49.2 Å². The van der Waals surface area contributed by atoms with E-state index in [0.717, 1.165) is 11.3 Å². The summed E-state index contributed by atoms with van der Waals surface area (Å²) in [6.07, 6.45) is 0. The van der Waals surface area contributed by atoms with E-state index < -0.39 is 0 Å². The smallest absolute Gasteiger partial charge is 0.0620 e. The molecule has 0 unspecified atom stereocenters. The van der Waals surface area contributed by atoms with Crippen molar-refractivity contribution in [3.05, 3.63) is 83.9 Å². The molecule has 6 aromatic rings. The standard InChI is InChI=1S/C32H32N2/c1-31(2,3)20-11-13-28-23(17-20)25-15-19(22-9-7-8-10-27(22)33)16-26-24-18-21(32(4,5)6)12-14-29(24)34(28)30(25)26/h7-18H,33H2,1-6H3. The van der Waals surface area contributed by atoms with Crippen LogP contribution in [0.3, 0.4) is 0 Å². The van der Waals surface area contributed by atoms with Gasteiger partial charge >= 0.3 is 0 Å². The van der Waals surface area contributed by atoms with Gasteiger partial charge in [0.1, 0.15) is 0 Å². The highest BCUT2D eigenvalue weighted by atomic mass is 14.9. The van der Waals surface area contributed by atoms with Gasteiger partial charge in [-0.3, -0.25) is 0 Å². The molecule has 0 aliphatic heterocycles. The third kappa shape index (κ3) is 2.94. The predicted octanol–water partition coefficient (Wildman–Crippen LogP) is 8.68. The molecule has 2 heterocycles. The predicted molar refractivity (Wildman–Crippen MR) is 148 cm³/mol. The number of nitrogens with two attached hydrogens (primary N) is 1. The zero-order chi connectivity index (χ0) is 24.0. The molecule has 0 saturated heterocycles. The van der Waals surface area contributed by atoms with E-state index in [0.29, 0.717) is 0 Å². The molecule has 0 saturated carbocycles. The molecule has 34 heavy (non-hydrogen) atoms. The van der Waals surface area contributed by atoms with Gasteiger partial charge in [-0.15, -0.1) is 0 Å². The summed E-state index contributed by atoms with van der Waals surface area (Å²) in [6.45, 7) is 13.7. The van der Waals surface area contributed by atoms with E-state index in [1.807, 2.05) is 12.1 Å². The maximum Gasteiger partial charge on any atom is 0.0620 e. The zero-order valence-electron chi connectivity index (χ0n) is 21.0. The number of nitrogen functional groups attached to an aromatic ring is 1. The largest absolute Gasteiger partial charge is 0.398 e. The minimum atomic E-state index is 0.0938. The first-order valence-corrected chi connectivity index (χ1v) is 12.2. The van der Waals surface area contributed by atoms with Crippen molar-refractivity contribution in [1.29, 1.82) is 0 Å². The lowest BCUT2D eigenvalue weighted by molar-refractivity contribution is 0.591. The molecule has 0 atom stereocenters. The fraction of sp³-hybridized carbons (Fsp3) is 0.250. The zero-order valence-corrected chi connectivity index (χ0v) is 21.0. The van der Waals surface area contributed by atoms with Crippen molar-refractivity contribution < 1.29 is 0 Å². The van der Waals surface area contributed by atoms with Crippen LogP contribution < -0.4 is 5.73 Å². The number of hydrogen-bond donors (Lipinski definition) is 1. The third-order valence-corrected chi connectivity index (χ3v) is 7.39. The van der Waals surface area contributed by atoms with Gasteiger partial charge in [-0.05, 0) is 70.0 Å². The topological polar surface area (TPSA) is 30.4 Å². The van der Waals surface area contributed by atoms with E-state index >= 15 is 0 Å². The van der Waals surface area contributed by atoms with Gasteiger partial charge in [-0.1, -0.05) is 71.9 Å². The van der Waals surface area contributed by atoms with Crippen LogP contribution in [-0.2, 0) is 10.8 Å². The first kappa shape index (κ1) is 21.0. The van der Waals surface area contributed by atoms with Crippen molar-refractivity contribution in [3.63, 3.8) is 0 Å². The summed E-state index contributed by atoms with van der Waals surface area (Å²) >= 11 is 0. The number of anilines is 1. The number of hydrogen-bond acceptors (Lipinski definition) is 1. The van der Waals surface area contributed by atoms with Gasteiger partial charge in [0, 0.05) is 32.8 Å². The maximum atomic E-state index is 6.44. The number of nitrogens with zero attached hydrogens (tertiary/aromatic N) is 1. The molecule has 2 N–H and O–H groups in total. The molecule has 4 aromatic carbocycles. The van der Waals surface area contributed by atoms with Crippen LogP contribution in [0, 0.1) is 0 Å². The van der Waals surface area contributed by atoms with E-state index in [9.17, 15) is 0 Å². The summed E-state index contributed by atoms with van der Waals surface area (Å²) in [5, 5.41) is 5.21. The lowest BCUT2D eigenvalue weighted by Crippen LogP contribution is -2.10. The van der Waals surface area contributed by atoms with Crippen molar-refractivity contribution in [2.24, 2.45) is 0 Å². The molecule has 2 heteroatoms. The van der Waals surface area contributed by atoms with Crippen molar-refractivity contribution in [2.45, 2.75) is 52.4 Å². The molecular weight excluding hydrogens is 412 g/mol. The molecule has 0 fully saturated rings. The highest BCUT2D eigenvalue weighted by molar-refractivity contribution is 6.24. The Morgan fingerprint density at radius 3 is 1.56 bits per heavy atom. The Labute approximate surface area is 201 Å². The second-order valence-electron chi connectivity index (χ2n) is 11.8. The highest BCUT2D eigenvalue weighted by Crippen LogP contribution is 2.44.